The summed E-state index contributed by atoms with van der Waals surface area (Å²) in [5, 5.41) is 11.9. The van der Waals surface area contributed by atoms with Gasteiger partial charge in [0.1, 0.15) is 5.82 Å². The molecule has 0 aromatic heterocycles. The SMILES string of the molecule is NC1CCC(Nc2cc(C(=O)O)ccc2F)CC1. The van der Waals surface area contributed by atoms with E-state index in [1.54, 1.807) is 0 Å². The molecular formula is C13H17FN2O2. The third-order valence-corrected chi connectivity index (χ3v) is 3.34. The molecule has 0 bridgehead atoms. The number of carboxylic acids is 1. The van der Waals surface area contributed by atoms with Gasteiger partial charge in [0, 0.05) is 12.1 Å². The molecule has 0 saturated heterocycles. The highest BCUT2D eigenvalue weighted by Crippen LogP contribution is 2.23. The molecule has 1 saturated carbocycles. The molecular weight excluding hydrogens is 235 g/mol. The summed E-state index contributed by atoms with van der Waals surface area (Å²) in [5.41, 5.74) is 6.15. The Bertz CT molecular complexity index is 443. The van der Waals surface area contributed by atoms with E-state index >= 15 is 0 Å². The molecule has 1 aliphatic carbocycles. The van der Waals surface area contributed by atoms with Gasteiger partial charge in [0.25, 0.3) is 0 Å². The van der Waals surface area contributed by atoms with E-state index < -0.39 is 11.8 Å². The molecule has 0 amide bonds. The van der Waals surface area contributed by atoms with E-state index in [0.717, 1.165) is 25.7 Å². The zero-order valence-corrected chi connectivity index (χ0v) is 10.0. The van der Waals surface area contributed by atoms with Crippen molar-refractivity contribution < 1.29 is 14.3 Å². The van der Waals surface area contributed by atoms with Crippen molar-refractivity contribution in [3.8, 4) is 0 Å². The molecule has 4 N–H and O–H groups in total. The first-order chi connectivity index (χ1) is 8.56. The van der Waals surface area contributed by atoms with Gasteiger partial charge >= 0.3 is 5.97 Å². The number of halogens is 1. The van der Waals surface area contributed by atoms with Crippen molar-refractivity contribution in [2.75, 3.05) is 5.32 Å². The van der Waals surface area contributed by atoms with Crippen LogP contribution in [0, 0.1) is 5.82 Å². The molecule has 18 heavy (non-hydrogen) atoms. The summed E-state index contributed by atoms with van der Waals surface area (Å²) < 4.78 is 13.6. The zero-order chi connectivity index (χ0) is 13.1. The first-order valence-electron chi connectivity index (χ1n) is 6.11. The van der Waals surface area contributed by atoms with Crippen LogP contribution >= 0.6 is 0 Å². The smallest absolute Gasteiger partial charge is 0.335 e. The van der Waals surface area contributed by atoms with Gasteiger partial charge in [-0.25, -0.2) is 9.18 Å². The van der Waals surface area contributed by atoms with Crippen molar-refractivity contribution in [3.05, 3.63) is 29.6 Å². The van der Waals surface area contributed by atoms with Crippen molar-refractivity contribution in [3.63, 3.8) is 0 Å². The molecule has 0 aliphatic heterocycles. The van der Waals surface area contributed by atoms with E-state index in [2.05, 4.69) is 5.32 Å². The highest BCUT2D eigenvalue weighted by atomic mass is 19.1. The minimum absolute atomic E-state index is 0.0893. The summed E-state index contributed by atoms with van der Waals surface area (Å²) in [6, 6.07) is 4.19. The van der Waals surface area contributed by atoms with Crippen LogP contribution in [0.15, 0.2) is 18.2 Å². The van der Waals surface area contributed by atoms with Gasteiger partial charge in [0.15, 0.2) is 0 Å². The number of aromatic carboxylic acids is 1. The monoisotopic (exact) mass is 252 g/mol. The zero-order valence-electron chi connectivity index (χ0n) is 10.0. The lowest BCUT2D eigenvalue weighted by molar-refractivity contribution is 0.0697. The van der Waals surface area contributed by atoms with Crippen molar-refractivity contribution in [2.24, 2.45) is 5.73 Å². The second-order valence-electron chi connectivity index (χ2n) is 4.76. The molecule has 1 aliphatic rings. The first-order valence-corrected chi connectivity index (χ1v) is 6.11. The Morgan fingerprint density at radius 1 is 1.33 bits per heavy atom. The number of nitrogens with one attached hydrogen (secondary N) is 1. The highest BCUT2D eigenvalue weighted by molar-refractivity contribution is 5.88. The predicted molar refractivity (Wildman–Crippen MR) is 67.2 cm³/mol. The molecule has 0 unspecified atom stereocenters. The van der Waals surface area contributed by atoms with Crippen LogP contribution in [-0.4, -0.2) is 23.2 Å². The van der Waals surface area contributed by atoms with E-state index in [4.69, 9.17) is 10.8 Å². The number of rotatable bonds is 3. The van der Waals surface area contributed by atoms with Gasteiger partial charge in [0.2, 0.25) is 0 Å². The summed E-state index contributed by atoms with van der Waals surface area (Å²) in [6.45, 7) is 0. The lowest BCUT2D eigenvalue weighted by Gasteiger charge is -2.27. The topological polar surface area (TPSA) is 75.3 Å². The second kappa shape index (κ2) is 5.35. The van der Waals surface area contributed by atoms with Crippen LogP contribution in [-0.2, 0) is 0 Å². The average molecular weight is 252 g/mol. The average Bonchev–Trinajstić information content (AvgIpc) is 2.34. The van der Waals surface area contributed by atoms with Crippen LogP contribution in [0.25, 0.3) is 0 Å². The maximum Gasteiger partial charge on any atom is 0.335 e. The fraction of sp³-hybridized carbons (Fsp3) is 0.462. The number of carbonyl (C=O) groups is 1. The molecule has 0 atom stereocenters. The van der Waals surface area contributed by atoms with Crippen molar-refractivity contribution in [1.29, 1.82) is 0 Å². The van der Waals surface area contributed by atoms with Gasteiger partial charge < -0.3 is 16.2 Å². The van der Waals surface area contributed by atoms with Crippen LogP contribution in [0.4, 0.5) is 10.1 Å². The van der Waals surface area contributed by atoms with Gasteiger partial charge in [-0.1, -0.05) is 0 Å². The maximum atomic E-state index is 13.6. The Hall–Kier alpha value is -1.62. The van der Waals surface area contributed by atoms with Crippen molar-refractivity contribution >= 4 is 11.7 Å². The lowest BCUT2D eigenvalue weighted by Crippen LogP contribution is -2.33. The summed E-state index contributed by atoms with van der Waals surface area (Å²) in [4.78, 5) is 10.8. The van der Waals surface area contributed by atoms with E-state index in [-0.39, 0.29) is 23.3 Å². The Labute approximate surface area is 105 Å². The van der Waals surface area contributed by atoms with Crippen LogP contribution < -0.4 is 11.1 Å². The number of hydrogen-bond acceptors (Lipinski definition) is 3. The molecule has 2 rings (SSSR count). The van der Waals surface area contributed by atoms with Crippen molar-refractivity contribution in [2.45, 2.75) is 37.8 Å². The third-order valence-electron chi connectivity index (χ3n) is 3.34. The molecule has 98 valence electrons. The summed E-state index contributed by atoms with van der Waals surface area (Å²) in [6.07, 6.45) is 3.60. The van der Waals surface area contributed by atoms with Crippen LogP contribution in [0.1, 0.15) is 36.0 Å². The largest absolute Gasteiger partial charge is 0.478 e. The second-order valence-corrected chi connectivity index (χ2v) is 4.76. The van der Waals surface area contributed by atoms with Crippen LogP contribution in [0.2, 0.25) is 0 Å². The summed E-state index contributed by atoms with van der Waals surface area (Å²) >= 11 is 0. The number of hydrogen-bond donors (Lipinski definition) is 3. The Balaban J connectivity index is 2.08. The van der Waals surface area contributed by atoms with Crippen LogP contribution in [0.5, 0.6) is 0 Å². The number of carboxylic acid groups (broad SMARTS) is 1. The molecule has 1 aromatic carbocycles. The molecule has 1 aromatic rings. The van der Waals surface area contributed by atoms with Gasteiger partial charge in [-0.15, -0.1) is 0 Å². The van der Waals surface area contributed by atoms with Crippen molar-refractivity contribution in [1.82, 2.24) is 0 Å². The van der Waals surface area contributed by atoms with Gasteiger partial charge in [-0.05, 0) is 43.9 Å². The quantitative estimate of drug-likeness (QED) is 0.771. The fourth-order valence-corrected chi connectivity index (χ4v) is 2.25. The summed E-state index contributed by atoms with van der Waals surface area (Å²) in [5.74, 6) is -1.47. The number of anilines is 1. The normalized spacial score (nSPS) is 23.7. The first kappa shape index (κ1) is 12.8. The van der Waals surface area contributed by atoms with Gasteiger partial charge in [-0.2, -0.15) is 0 Å². The molecule has 1 fully saturated rings. The standard InChI is InChI=1S/C13H17FN2O2/c14-11-6-1-8(13(17)18)7-12(11)16-10-4-2-9(15)3-5-10/h1,6-7,9-10,16H,2-5,15H2,(H,17,18). The van der Waals surface area contributed by atoms with E-state index in [0.29, 0.717) is 0 Å². The fourth-order valence-electron chi connectivity index (χ4n) is 2.25. The van der Waals surface area contributed by atoms with Gasteiger partial charge in [-0.3, -0.25) is 0 Å². The van der Waals surface area contributed by atoms with Gasteiger partial charge in [0.05, 0.1) is 11.3 Å². The molecule has 5 heteroatoms. The van der Waals surface area contributed by atoms with E-state index in [9.17, 15) is 9.18 Å². The molecule has 0 spiro atoms. The Morgan fingerprint density at radius 3 is 2.61 bits per heavy atom. The Morgan fingerprint density at radius 2 is 2.00 bits per heavy atom. The predicted octanol–water partition coefficient (Wildman–Crippen LogP) is 2.21. The minimum atomic E-state index is -1.05. The summed E-state index contributed by atoms with van der Waals surface area (Å²) in [7, 11) is 0. The number of benzene rings is 1. The molecule has 4 nitrogen and oxygen atoms in total. The molecule has 0 radical (unpaired) electrons. The maximum absolute atomic E-state index is 13.6. The molecule has 0 heterocycles. The Kier molecular flexibility index (Phi) is 3.81. The highest BCUT2D eigenvalue weighted by Gasteiger charge is 2.19. The number of nitrogens with two attached hydrogens (primary N) is 1. The van der Waals surface area contributed by atoms with E-state index in [1.165, 1.54) is 18.2 Å². The van der Waals surface area contributed by atoms with Crippen LogP contribution in [0.3, 0.4) is 0 Å². The van der Waals surface area contributed by atoms with E-state index in [1.807, 2.05) is 0 Å². The lowest BCUT2D eigenvalue weighted by atomic mass is 9.91. The minimum Gasteiger partial charge on any atom is -0.478 e. The third kappa shape index (κ3) is 2.98.